The molecule has 1 saturated heterocycles. The highest BCUT2D eigenvalue weighted by atomic mass is 32.2. The molecule has 1 fully saturated rings. The minimum Gasteiger partial charge on any atom is -0.497 e. The molecule has 0 amide bonds. The Morgan fingerprint density at radius 3 is 1.87 bits per heavy atom. The molecule has 0 unspecified atom stereocenters. The van der Waals surface area contributed by atoms with Crippen LogP contribution >= 0.6 is 0 Å². The zero-order valence-corrected chi connectivity index (χ0v) is 28.6. The maximum Gasteiger partial charge on any atom is 0.243 e. The fraction of sp³-hybridized carbons (Fsp3) is 0.500. The van der Waals surface area contributed by atoms with Crippen molar-refractivity contribution in [1.82, 2.24) is 9.21 Å². The van der Waals surface area contributed by atoms with Gasteiger partial charge in [-0.25, -0.2) is 8.42 Å². The minimum absolute atomic E-state index is 0.233. The van der Waals surface area contributed by atoms with Crippen LogP contribution in [0.15, 0.2) is 53.4 Å². The third kappa shape index (κ3) is 5.80. The first-order chi connectivity index (χ1) is 22.3. The number of hydrogen-bond donors (Lipinski definition) is 0. The molecule has 3 aromatic rings. The van der Waals surface area contributed by atoms with Gasteiger partial charge >= 0.3 is 0 Å². The van der Waals surface area contributed by atoms with Gasteiger partial charge in [-0.05, 0) is 108 Å². The average Bonchev–Trinajstić information content (AvgIpc) is 3.09. The SMILES string of the molecule is CC[C@H]1CN2CCc3cc(OC)c(OC)cc3[C@@H]2C[C@@H]1C[C@@H]1c2cc(OC)c(OC)cc2CCN1S(=O)(=O)c1ccc(OC)cc1. The zero-order chi connectivity index (χ0) is 32.6. The highest BCUT2D eigenvalue weighted by Crippen LogP contribution is 2.50. The quantitative estimate of drug-likeness (QED) is 0.262. The molecule has 9 nitrogen and oxygen atoms in total. The fourth-order valence-corrected chi connectivity index (χ4v) is 9.58. The Balaban J connectivity index is 1.40. The number of benzene rings is 3. The van der Waals surface area contributed by atoms with Gasteiger partial charge in [0.15, 0.2) is 23.0 Å². The third-order valence-electron chi connectivity index (χ3n) is 10.4. The van der Waals surface area contributed by atoms with Crippen molar-refractivity contribution in [2.24, 2.45) is 11.8 Å². The zero-order valence-electron chi connectivity index (χ0n) is 27.7. The van der Waals surface area contributed by atoms with Crippen molar-refractivity contribution < 1.29 is 32.1 Å². The molecule has 3 aliphatic rings. The summed E-state index contributed by atoms with van der Waals surface area (Å²) in [4.78, 5) is 2.89. The van der Waals surface area contributed by atoms with Gasteiger partial charge in [0.05, 0.1) is 46.5 Å². The van der Waals surface area contributed by atoms with Gasteiger partial charge in [0, 0.05) is 25.7 Å². The predicted octanol–water partition coefficient (Wildman–Crippen LogP) is 6.05. The number of piperidine rings is 1. The van der Waals surface area contributed by atoms with Gasteiger partial charge in [-0.3, -0.25) is 4.90 Å². The molecule has 4 atom stereocenters. The lowest BCUT2D eigenvalue weighted by molar-refractivity contribution is 0.0386. The summed E-state index contributed by atoms with van der Waals surface area (Å²) in [6, 6.07) is 14.9. The number of methoxy groups -OCH3 is 5. The summed E-state index contributed by atoms with van der Waals surface area (Å²) < 4.78 is 58.5. The molecule has 3 aliphatic heterocycles. The first kappa shape index (κ1) is 32.5. The van der Waals surface area contributed by atoms with E-state index in [1.165, 1.54) is 11.1 Å². The lowest BCUT2D eigenvalue weighted by Crippen LogP contribution is -2.47. The largest absolute Gasteiger partial charge is 0.497 e. The fourth-order valence-electron chi connectivity index (χ4n) is 7.96. The monoisotopic (exact) mass is 650 g/mol. The Kier molecular flexibility index (Phi) is 9.41. The Labute approximate surface area is 273 Å². The van der Waals surface area contributed by atoms with E-state index < -0.39 is 10.0 Å². The number of ether oxygens (including phenoxy) is 5. The van der Waals surface area contributed by atoms with Gasteiger partial charge in [-0.1, -0.05) is 13.3 Å². The Morgan fingerprint density at radius 1 is 0.717 bits per heavy atom. The Bertz CT molecular complexity index is 1660. The van der Waals surface area contributed by atoms with Crippen molar-refractivity contribution in [3.63, 3.8) is 0 Å². The van der Waals surface area contributed by atoms with Crippen molar-refractivity contribution in [3.8, 4) is 28.7 Å². The molecule has 248 valence electrons. The first-order valence-corrected chi connectivity index (χ1v) is 17.6. The highest BCUT2D eigenvalue weighted by Gasteiger charge is 2.43. The van der Waals surface area contributed by atoms with Gasteiger partial charge < -0.3 is 23.7 Å². The molecule has 0 N–H and O–H groups in total. The second kappa shape index (κ2) is 13.3. The molecule has 0 aliphatic carbocycles. The van der Waals surface area contributed by atoms with Crippen LogP contribution < -0.4 is 23.7 Å². The van der Waals surface area contributed by atoms with Crippen LogP contribution in [0.1, 0.15) is 60.5 Å². The molecule has 10 heteroatoms. The second-order valence-corrected chi connectivity index (χ2v) is 14.4. The third-order valence-corrected chi connectivity index (χ3v) is 12.4. The molecule has 0 saturated carbocycles. The number of nitrogens with zero attached hydrogens (tertiary/aromatic N) is 2. The van der Waals surface area contributed by atoms with E-state index in [-0.39, 0.29) is 17.0 Å². The molecular weight excluding hydrogens is 604 g/mol. The summed E-state index contributed by atoms with van der Waals surface area (Å²) in [5.41, 5.74) is 4.70. The maximum absolute atomic E-state index is 14.4. The van der Waals surface area contributed by atoms with E-state index in [1.54, 1.807) is 64.1 Å². The van der Waals surface area contributed by atoms with Crippen molar-refractivity contribution in [3.05, 3.63) is 70.8 Å². The van der Waals surface area contributed by atoms with E-state index in [0.29, 0.717) is 48.5 Å². The summed E-state index contributed by atoms with van der Waals surface area (Å²) in [5, 5.41) is 0. The molecule has 0 spiro atoms. The standard InChI is InChI=1S/C36H46N2O7S/c1-7-23-22-37-14-12-24-18-33(42-3)35(44-5)20-29(24)31(37)16-26(23)17-32-30-21-36(45-6)34(43-4)19-25(30)13-15-38(32)46(39,40)28-10-8-27(41-2)9-11-28/h8-11,18-21,23,26,31-32H,7,12-17,22H2,1-6H3/t23-,26+,31-,32+/m0/s1. The summed E-state index contributed by atoms with van der Waals surface area (Å²) in [6.07, 6.45) is 4.25. The second-order valence-electron chi connectivity index (χ2n) is 12.5. The molecule has 3 aromatic carbocycles. The minimum atomic E-state index is -3.81. The molecule has 3 heterocycles. The summed E-state index contributed by atoms with van der Waals surface area (Å²) in [5.74, 6) is 4.13. The summed E-state index contributed by atoms with van der Waals surface area (Å²) >= 11 is 0. The van der Waals surface area contributed by atoms with E-state index in [0.717, 1.165) is 55.0 Å². The van der Waals surface area contributed by atoms with Crippen LogP contribution in [0.5, 0.6) is 28.7 Å². The predicted molar refractivity (Wildman–Crippen MR) is 177 cm³/mol. The molecule has 0 radical (unpaired) electrons. The van der Waals surface area contributed by atoms with Crippen LogP contribution in [0.4, 0.5) is 0 Å². The van der Waals surface area contributed by atoms with Crippen LogP contribution in [0.2, 0.25) is 0 Å². The Morgan fingerprint density at radius 2 is 1.28 bits per heavy atom. The first-order valence-electron chi connectivity index (χ1n) is 16.2. The van der Waals surface area contributed by atoms with Crippen LogP contribution in [0, 0.1) is 11.8 Å². The van der Waals surface area contributed by atoms with Gasteiger partial charge in [-0.2, -0.15) is 4.31 Å². The molecular formula is C36H46N2O7S. The van der Waals surface area contributed by atoms with E-state index in [1.807, 2.05) is 12.1 Å². The van der Waals surface area contributed by atoms with E-state index in [2.05, 4.69) is 24.0 Å². The highest BCUT2D eigenvalue weighted by molar-refractivity contribution is 7.89. The van der Waals surface area contributed by atoms with Crippen molar-refractivity contribution >= 4 is 10.0 Å². The van der Waals surface area contributed by atoms with E-state index in [9.17, 15) is 8.42 Å². The molecule has 0 bridgehead atoms. The normalized spacial score (nSPS) is 23.1. The van der Waals surface area contributed by atoms with Crippen LogP contribution in [-0.2, 0) is 22.9 Å². The van der Waals surface area contributed by atoms with Gasteiger partial charge in [-0.15, -0.1) is 0 Å². The molecule has 0 aromatic heterocycles. The summed E-state index contributed by atoms with van der Waals surface area (Å²) in [7, 11) is 4.39. The number of hydrogen-bond acceptors (Lipinski definition) is 8. The molecule has 46 heavy (non-hydrogen) atoms. The van der Waals surface area contributed by atoms with Crippen LogP contribution in [0.25, 0.3) is 0 Å². The van der Waals surface area contributed by atoms with Crippen LogP contribution in [0.3, 0.4) is 0 Å². The van der Waals surface area contributed by atoms with E-state index in [4.69, 9.17) is 23.7 Å². The van der Waals surface area contributed by atoms with Crippen molar-refractivity contribution in [2.75, 3.05) is 55.2 Å². The lowest BCUT2D eigenvalue weighted by Gasteiger charge is -2.49. The van der Waals surface area contributed by atoms with Crippen molar-refractivity contribution in [1.29, 1.82) is 0 Å². The smallest absolute Gasteiger partial charge is 0.243 e. The average molecular weight is 651 g/mol. The number of sulfonamides is 1. The van der Waals surface area contributed by atoms with Gasteiger partial charge in [0.25, 0.3) is 0 Å². The van der Waals surface area contributed by atoms with E-state index >= 15 is 0 Å². The van der Waals surface area contributed by atoms with Gasteiger partial charge in [0.2, 0.25) is 10.0 Å². The Hall–Kier alpha value is -3.47. The van der Waals surface area contributed by atoms with Crippen molar-refractivity contribution in [2.45, 2.75) is 56.0 Å². The van der Waals surface area contributed by atoms with Gasteiger partial charge in [0.1, 0.15) is 5.75 Å². The number of rotatable bonds is 10. The topological polar surface area (TPSA) is 86.8 Å². The molecule has 6 rings (SSSR count). The van der Waals surface area contributed by atoms with Crippen LogP contribution in [-0.4, -0.2) is 72.8 Å². The summed E-state index contributed by atoms with van der Waals surface area (Å²) in [6.45, 7) is 4.63. The lowest BCUT2D eigenvalue weighted by atomic mass is 9.72. The maximum atomic E-state index is 14.4. The number of fused-ring (bicyclic) bond motifs is 4.